The molecule has 35 heavy (non-hydrogen) atoms. The molecular formula is C30H30N2O3. The number of benzene rings is 2. The van der Waals surface area contributed by atoms with Gasteiger partial charge in [0.15, 0.2) is 6.61 Å². The number of hydrogen-bond donors (Lipinski definition) is 0. The van der Waals surface area contributed by atoms with Gasteiger partial charge in [-0.05, 0) is 75.8 Å². The van der Waals surface area contributed by atoms with E-state index in [0.29, 0.717) is 17.0 Å². The fraction of sp³-hybridized carbons (Fsp3) is 0.300. The highest BCUT2D eigenvalue weighted by Gasteiger charge is 2.27. The Kier molecular flexibility index (Phi) is 6.01. The smallest absolute Gasteiger partial charge is 0.339 e. The summed E-state index contributed by atoms with van der Waals surface area (Å²) in [7, 11) is 0. The SMILES string of the molecule is Cc1ccc(-n2c(C)cc(C(=O)COC(=O)c3c4c(nc5ccccc35)CCC(C)C4)c2C)cc1. The molecule has 4 aromatic rings. The van der Waals surface area contributed by atoms with Gasteiger partial charge in [-0.15, -0.1) is 0 Å². The fourth-order valence-electron chi connectivity index (χ4n) is 5.21. The molecule has 2 aromatic heterocycles. The molecule has 1 aliphatic rings. The van der Waals surface area contributed by atoms with Crippen molar-refractivity contribution in [3.8, 4) is 5.69 Å². The van der Waals surface area contributed by atoms with Crippen LogP contribution in [0.1, 0.15) is 62.3 Å². The summed E-state index contributed by atoms with van der Waals surface area (Å²) in [4.78, 5) is 31.3. The zero-order valence-corrected chi connectivity index (χ0v) is 20.7. The van der Waals surface area contributed by atoms with Crippen molar-refractivity contribution >= 4 is 22.7 Å². The van der Waals surface area contributed by atoms with E-state index in [1.165, 1.54) is 5.56 Å². The predicted octanol–water partition coefficient (Wildman–Crippen LogP) is 6.12. The molecule has 2 aromatic carbocycles. The predicted molar refractivity (Wildman–Crippen MR) is 138 cm³/mol. The molecule has 5 heteroatoms. The summed E-state index contributed by atoms with van der Waals surface area (Å²) in [5, 5.41) is 0.787. The number of rotatable bonds is 5. The van der Waals surface area contributed by atoms with Gasteiger partial charge in [0.25, 0.3) is 0 Å². The van der Waals surface area contributed by atoms with Crippen molar-refractivity contribution in [3.63, 3.8) is 0 Å². The second-order valence-corrected chi connectivity index (χ2v) is 9.73. The van der Waals surface area contributed by atoms with Crippen molar-refractivity contribution in [2.75, 3.05) is 6.61 Å². The lowest BCUT2D eigenvalue weighted by Crippen LogP contribution is -2.21. The Morgan fingerprint density at radius 3 is 2.57 bits per heavy atom. The van der Waals surface area contributed by atoms with Gasteiger partial charge in [-0.3, -0.25) is 9.78 Å². The second kappa shape index (κ2) is 9.14. The molecule has 5 rings (SSSR count). The van der Waals surface area contributed by atoms with Crippen LogP contribution in [0.3, 0.4) is 0 Å². The normalized spacial score (nSPS) is 15.1. The minimum Gasteiger partial charge on any atom is -0.454 e. The number of Topliss-reactive ketones (excluding diaryl/α,β-unsaturated/α-hetero) is 1. The molecular weight excluding hydrogens is 436 g/mol. The number of pyridine rings is 1. The van der Waals surface area contributed by atoms with Crippen LogP contribution in [0.2, 0.25) is 0 Å². The number of carbonyl (C=O) groups excluding carboxylic acids is 2. The number of carbonyl (C=O) groups is 2. The maximum absolute atomic E-state index is 13.4. The molecule has 1 unspecified atom stereocenters. The number of ether oxygens (including phenoxy) is 1. The zero-order chi connectivity index (χ0) is 24.7. The lowest BCUT2D eigenvalue weighted by molar-refractivity contribution is 0.0475. The number of aromatic nitrogens is 2. The monoisotopic (exact) mass is 466 g/mol. The van der Waals surface area contributed by atoms with Crippen LogP contribution >= 0.6 is 0 Å². The van der Waals surface area contributed by atoms with Crippen LogP contribution in [0, 0.1) is 26.7 Å². The number of esters is 1. The molecule has 0 spiro atoms. The van der Waals surface area contributed by atoms with Crippen molar-refractivity contribution < 1.29 is 14.3 Å². The van der Waals surface area contributed by atoms with Crippen LogP contribution in [0.15, 0.2) is 54.6 Å². The van der Waals surface area contributed by atoms with Gasteiger partial charge in [-0.1, -0.05) is 42.8 Å². The quantitative estimate of drug-likeness (QED) is 0.263. The van der Waals surface area contributed by atoms with Crippen molar-refractivity contribution in [1.82, 2.24) is 9.55 Å². The maximum atomic E-state index is 13.4. The van der Waals surface area contributed by atoms with Crippen molar-refractivity contribution in [3.05, 3.63) is 93.9 Å². The highest BCUT2D eigenvalue weighted by atomic mass is 16.5. The van der Waals surface area contributed by atoms with E-state index in [1.807, 2.05) is 63.2 Å². The Hall–Kier alpha value is -3.73. The molecule has 0 saturated carbocycles. The molecule has 5 nitrogen and oxygen atoms in total. The number of hydrogen-bond acceptors (Lipinski definition) is 4. The molecule has 0 N–H and O–H groups in total. The highest BCUT2D eigenvalue weighted by molar-refractivity contribution is 6.06. The summed E-state index contributed by atoms with van der Waals surface area (Å²) in [5.74, 6) is -0.175. The first-order chi connectivity index (χ1) is 16.8. The van der Waals surface area contributed by atoms with Crippen molar-refractivity contribution in [2.45, 2.75) is 47.0 Å². The van der Waals surface area contributed by atoms with Crippen LogP contribution in [0.5, 0.6) is 0 Å². The van der Waals surface area contributed by atoms with Gasteiger partial charge >= 0.3 is 5.97 Å². The first-order valence-electron chi connectivity index (χ1n) is 12.2. The Bertz CT molecular complexity index is 1450. The van der Waals surface area contributed by atoms with Gasteiger partial charge in [0.05, 0.1) is 11.1 Å². The lowest BCUT2D eigenvalue weighted by Gasteiger charge is -2.24. The number of para-hydroxylation sites is 1. The summed E-state index contributed by atoms with van der Waals surface area (Å²) < 4.78 is 7.71. The fourth-order valence-corrected chi connectivity index (χ4v) is 5.21. The summed E-state index contributed by atoms with van der Waals surface area (Å²) in [6.07, 6.45) is 2.71. The lowest BCUT2D eigenvalue weighted by atomic mass is 9.84. The van der Waals surface area contributed by atoms with E-state index in [-0.39, 0.29) is 12.4 Å². The van der Waals surface area contributed by atoms with Gasteiger partial charge in [0.2, 0.25) is 5.78 Å². The summed E-state index contributed by atoms with van der Waals surface area (Å²) in [5.41, 5.74) is 7.86. The van der Waals surface area contributed by atoms with Crippen molar-refractivity contribution in [1.29, 1.82) is 0 Å². The van der Waals surface area contributed by atoms with E-state index >= 15 is 0 Å². The third-order valence-corrected chi connectivity index (χ3v) is 7.07. The van der Waals surface area contributed by atoms with Gasteiger partial charge in [-0.2, -0.15) is 0 Å². The number of fused-ring (bicyclic) bond motifs is 2. The standard InChI is InChI=1S/C30H30N2O3/c1-18-9-12-22(13-10-18)32-20(3)16-24(21(32)4)28(33)17-35-30(34)29-23-7-5-6-8-26(23)31-27-14-11-19(2)15-25(27)29/h5-10,12-13,16,19H,11,14-15,17H2,1-4H3. The number of nitrogens with zero attached hydrogens (tertiary/aromatic N) is 2. The second-order valence-electron chi connectivity index (χ2n) is 9.73. The Morgan fingerprint density at radius 2 is 1.80 bits per heavy atom. The minimum absolute atomic E-state index is 0.203. The van der Waals surface area contributed by atoms with E-state index in [4.69, 9.17) is 9.72 Å². The molecule has 0 aliphatic heterocycles. The number of aryl methyl sites for hydroxylation is 3. The van der Waals surface area contributed by atoms with Gasteiger partial charge in [0, 0.05) is 33.7 Å². The molecule has 1 atom stereocenters. The van der Waals surface area contributed by atoms with E-state index in [1.54, 1.807) is 0 Å². The Labute approximate surface area is 205 Å². The maximum Gasteiger partial charge on any atom is 0.339 e. The van der Waals surface area contributed by atoms with Gasteiger partial charge in [-0.25, -0.2) is 4.79 Å². The van der Waals surface area contributed by atoms with Crippen molar-refractivity contribution in [2.24, 2.45) is 5.92 Å². The van der Waals surface area contributed by atoms with Gasteiger partial charge < -0.3 is 9.30 Å². The molecule has 0 amide bonds. The Morgan fingerprint density at radius 1 is 1.06 bits per heavy atom. The van der Waals surface area contributed by atoms with E-state index in [2.05, 4.69) is 23.6 Å². The topological polar surface area (TPSA) is 61.2 Å². The van der Waals surface area contributed by atoms with E-state index in [9.17, 15) is 9.59 Å². The minimum atomic E-state index is -0.449. The summed E-state index contributed by atoms with van der Waals surface area (Å²) in [6, 6.07) is 17.7. The van der Waals surface area contributed by atoms with E-state index < -0.39 is 5.97 Å². The molecule has 1 aliphatic carbocycles. The van der Waals surface area contributed by atoms with E-state index in [0.717, 1.165) is 58.5 Å². The molecule has 2 heterocycles. The summed E-state index contributed by atoms with van der Waals surface area (Å²) in [6.45, 7) is 7.85. The van der Waals surface area contributed by atoms with Gasteiger partial charge in [0.1, 0.15) is 0 Å². The van der Waals surface area contributed by atoms with Crippen LogP contribution in [-0.4, -0.2) is 27.9 Å². The Balaban J connectivity index is 1.42. The number of ketones is 1. The summed E-state index contributed by atoms with van der Waals surface area (Å²) >= 11 is 0. The average molecular weight is 467 g/mol. The largest absolute Gasteiger partial charge is 0.454 e. The molecule has 0 radical (unpaired) electrons. The highest BCUT2D eigenvalue weighted by Crippen LogP contribution is 2.32. The van der Waals surface area contributed by atoms with Crippen LogP contribution < -0.4 is 0 Å². The molecule has 0 saturated heterocycles. The van der Waals surface area contributed by atoms with Crippen LogP contribution in [0.4, 0.5) is 0 Å². The molecule has 0 bridgehead atoms. The third-order valence-electron chi connectivity index (χ3n) is 7.07. The average Bonchev–Trinajstić information content (AvgIpc) is 3.15. The van der Waals surface area contributed by atoms with Crippen LogP contribution in [0.25, 0.3) is 16.6 Å². The zero-order valence-electron chi connectivity index (χ0n) is 20.7. The first kappa shape index (κ1) is 23.0. The third kappa shape index (κ3) is 4.27. The first-order valence-corrected chi connectivity index (χ1v) is 12.2. The molecule has 0 fully saturated rings. The van der Waals surface area contributed by atoms with Crippen LogP contribution in [-0.2, 0) is 17.6 Å². The molecule has 178 valence electrons.